The number of rotatable bonds is 4. The van der Waals surface area contributed by atoms with Crippen LogP contribution in [0, 0.1) is 0 Å². The van der Waals surface area contributed by atoms with Gasteiger partial charge < -0.3 is 9.47 Å². The van der Waals surface area contributed by atoms with Gasteiger partial charge in [-0.1, -0.05) is 0 Å². The highest BCUT2D eigenvalue weighted by atomic mass is 16.5. The van der Waals surface area contributed by atoms with Gasteiger partial charge in [0, 0.05) is 17.3 Å². The minimum Gasteiger partial charge on any atom is -0.494 e. The average Bonchev–Trinajstić information content (AvgIpc) is 3.15. The number of hydrogen-bond donors (Lipinski definition) is 1. The normalized spacial score (nSPS) is 10.3. The number of benzene rings is 1. The summed E-state index contributed by atoms with van der Waals surface area (Å²) in [6, 6.07) is 8.72. The van der Waals surface area contributed by atoms with E-state index in [-0.39, 0.29) is 0 Å². The number of tetrazole rings is 1. The highest BCUT2D eigenvalue weighted by molar-refractivity contribution is 5.93. The minimum absolute atomic E-state index is 0.365. The maximum absolute atomic E-state index is 11.9. The number of aromatic amines is 1. The Morgan fingerprint density at radius 3 is 2.70 bits per heavy atom. The fourth-order valence-electron chi connectivity index (χ4n) is 2.19. The van der Waals surface area contributed by atoms with E-state index >= 15 is 0 Å². The van der Waals surface area contributed by atoms with Crippen LogP contribution < -0.4 is 4.74 Å². The highest BCUT2D eigenvalue weighted by Crippen LogP contribution is 2.31. The molecule has 1 aromatic carbocycles. The smallest absolute Gasteiger partial charge is 0.337 e. The number of hydrogen-bond acceptors (Lipinski definition) is 7. The predicted octanol–water partition coefficient (Wildman–Crippen LogP) is 1.72. The summed E-state index contributed by atoms with van der Waals surface area (Å²) in [7, 11) is 2.89. The minimum atomic E-state index is -0.463. The lowest BCUT2D eigenvalue weighted by Gasteiger charge is -2.10. The fraction of sp³-hybridized carbons (Fsp3) is 0.133. The second kappa shape index (κ2) is 6.22. The molecule has 0 aliphatic rings. The Kier molecular flexibility index (Phi) is 3.96. The van der Waals surface area contributed by atoms with Gasteiger partial charge in [-0.15, -0.1) is 5.10 Å². The van der Waals surface area contributed by atoms with Crippen LogP contribution in [0.4, 0.5) is 0 Å². The molecule has 8 nitrogen and oxygen atoms in total. The van der Waals surface area contributed by atoms with Crippen molar-refractivity contribution < 1.29 is 14.3 Å². The second-order valence-electron chi connectivity index (χ2n) is 4.59. The number of methoxy groups -OCH3 is 2. The third-order valence-electron chi connectivity index (χ3n) is 3.24. The summed E-state index contributed by atoms with van der Waals surface area (Å²) in [4.78, 5) is 16.3. The highest BCUT2D eigenvalue weighted by Gasteiger charge is 2.15. The Morgan fingerprint density at radius 1 is 1.17 bits per heavy atom. The van der Waals surface area contributed by atoms with Crippen LogP contribution in [0.15, 0.2) is 36.5 Å². The summed E-state index contributed by atoms with van der Waals surface area (Å²) in [5.74, 6) is 0.568. The van der Waals surface area contributed by atoms with Crippen LogP contribution in [0.3, 0.4) is 0 Å². The van der Waals surface area contributed by atoms with Crippen LogP contribution in [0.5, 0.6) is 5.75 Å². The number of esters is 1. The molecule has 3 aromatic rings. The zero-order chi connectivity index (χ0) is 16.2. The topological polar surface area (TPSA) is 103 Å². The van der Waals surface area contributed by atoms with Crippen LogP contribution in [-0.2, 0) is 4.74 Å². The standard InChI is InChI=1S/C15H13N5O3/c1-22-12-4-3-5-16-13(12)9-6-10(14-17-19-20-18-14)8-11(7-9)15(21)23-2/h3-8H,1-2H3,(H,17,18,19,20). The van der Waals surface area contributed by atoms with Crippen molar-refractivity contribution >= 4 is 5.97 Å². The Labute approximate surface area is 131 Å². The van der Waals surface area contributed by atoms with Crippen molar-refractivity contribution in [1.29, 1.82) is 0 Å². The lowest BCUT2D eigenvalue weighted by atomic mass is 10.0. The van der Waals surface area contributed by atoms with E-state index < -0.39 is 5.97 Å². The quantitative estimate of drug-likeness (QED) is 0.732. The molecular weight excluding hydrogens is 298 g/mol. The number of ether oxygens (including phenoxy) is 2. The number of carbonyl (C=O) groups excluding carboxylic acids is 1. The zero-order valence-electron chi connectivity index (χ0n) is 12.5. The van der Waals surface area contributed by atoms with Gasteiger partial charge in [0.15, 0.2) is 5.82 Å². The molecule has 3 rings (SSSR count). The Morgan fingerprint density at radius 2 is 2.00 bits per heavy atom. The summed E-state index contributed by atoms with van der Waals surface area (Å²) in [6.45, 7) is 0. The van der Waals surface area contributed by atoms with Crippen LogP contribution in [0.25, 0.3) is 22.6 Å². The average molecular weight is 311 g/mol. The molecule has 2 aromatic heterocycles. The molecule has 0 fully saturated rings. The molecule has 23 heavy (non-hydrogen) atoms. The summed E-state index contributed by atoms with van der Waals surface area (Å²) in [5, 5.41) is 13.6. The summed E-state index contributed by atoms with van der Waals surface area (Å²) >= 11 is 0. The van der Waals surface area contributed by atoms with Gasteiger partial charge in [-0.3, -0.25) is 4.98 Å². The Hall–Kier alpha value is -3.29. The number of pyridine rings is 1. The molecule has 2 heterocycles. The fourth-order valence-corrected chi connectivity index (χ4v) is 2.19. The molecule has 0 bridgehead atoms. The van der Waals surface area contributed by atoms with Crippen LogP contribution in [-0.4, -0.2) is 45.8 Å². The first-order chi connectivity index (χ1) is 11.2. The van der Waals surface area contributed by atoms with Gasteiger partial charge in [0.25, 0.3) is 0 Å². The monoisotopic (exact) mass is 311 g/mol. The molecule has 0 saturated heterocycles. The van der Waals surface area contributed by atoms with Crippen molar-refractivity contribution in [1.82, 2.24) is 25.6 Å². The second-order valence-corrected chi connectivity index (χ2v) is 4.59. The van der Waals surface area contributed by atoms with Crippen molar-refractivity contribution in [2.45, 2.75) is 0 Å². The predicted molar refractivity (Wildman–Crippen MR) is 80.7 cm³/mol. The number of nitrogens with one attached hydrogen (secondary N) is 1. The van der Waals surface area contributed by atoms with Gasteiger partial charge in [0.2, 0.25) is 0 Å². The Balaban J connectivity index is 2.20. The molecule has 0 saturated carbocycles. The Bertz CT molecular complexity index is 833. The third-order valence-corrected chi connectivity index (χ3v) is 3.24. The van der Waals surface area contributed by atoms with Crippen molar-refractivity contribution in [2.75, 3.05) is 14.2 Å². The number of H-pyrrole nitrogens is 1. The first-order valence-electron chi connectivity index (χ1n) is 6.70. The van der Waals surface area contributed by atoms with Crippen LogP contribution >= 0.6 is 0 Å². The van der Waals surface area contributed by atoms with Crippen molar-refractivity contribution in [3.63, 3.8) is 0 Å². The van der Waals surface area contributed by atoms with E-state index in [0.717, 1.165) is 0 Å². The SMILES string of the molecule is COC(=O)c1cc(-c2nnn[nH]2)cc(-c2ncccc2OC)c1. The molecule has 0 aliphatic heterocycles. The number of carbonyl (C=O) groups is 1. The summed E-state index contributed by atoms with van der Waals surface area (Å²) in [5.41, 5.74) is 2.30. The van der Waals surface area contributed by atoms with Gasteiger partial charge in [0.1, 0.15) is 11.4 Å². The zero-order valence-corrected chi connectivity index (χ0v) is 12.5. The van der Waals surface area contributed by atoms with Gasteiger partial charge >= 0.3 is 5.97 Å². The van der Waals surface area contributed by atoms with Crippen LogP contribution in [0.1, 0.15) is 10.4 Å². The maximum atomic E-state index is 11.9. The first-order valence-corrected chi connectivity index (χ1v) is 6.70. The molecule has 8 heteroatoms. The summed E-state index contributed by atoms with van der Waals surface area (Å²) < 4.78 is 10.1. The number of nitrogens with zero attached hydrogens (tertiary/aromatic N) is 4. The van der Waals surface area contributed by atoms with Gasteiger partial charge in [-0.2, -0.15) is 0 Å². The van der Waals surface area contributed by atoms with E-state index in [2.05, 4.69) is 25.6 Å². The third kappa shape index (κ3) is 2.86. The molecule has 0 spiro atoms. The number of aromatic nitrogens is 5. The largest absolute Gasteiger partial charge is 0.494 e. The lowest BCUT2D eigenvalue weighted by molar-refractivity contribution is 0.0601. The lowest BCUT2D eigenvalue weighted by Crippen LogP contribution is -2.02. The van der Waals surface area contributed by atoms with Gasteiger partial charge in [-0.05, 0) is 40.8 Å². The summed E-state index contributed by atoms with van der Waals surface area (Å²) in [6.07, 6.45) is 1.65. The van der Waals surface area contributed by atoms with Gasteiger partial charge in [-0.25, -0.2) is 9.89 Å². The van der Waals surface area contributed by atoms with E-state index in [9.17, 15) is 4.79 Å². The molecule has 0 amide bonds. The molecule has 0 radical (unpaired) electrons. The molecule has 0 atom stereocenters. The van der Waals surface area contributed by atoms with Crippen molar-refractivity contribution in [2.24, 2.45) is 0 Å². The van der Waals surface area contributed by atoms with E-state index in [1.807, 2.05) is 6.07 Å². The van der Waals surface area contributed by atoms with E-state index in [1.54, 1.807) is 37.6 Å². The molecule has 0 aliphatic carbocycles. The van der Waals surface area contributed by atoms with Crippen molar-refractivity contribution in [3.8, 4) is 28.4 Å². The molecule has 116 valence electrons. The molecule has 1 N–H and O–H groups in total. The van der Waals surface area contributed by atoms with E-state index in [4.69, 9.17) is 9.47 Å². The van der Waals surface area contributed by atoms with Crippen LogP contribution in [0.2, 0.25) is 0 Å². The van der Waals surface area contributed by atoms with Gasteiger partial charge in [0.05, 0.1) is 19.8 Å². The van der Waals surface area contributed by atoms with E-state index in [1.165, 1.54) is 7.11 Å². The molecular formula is C15H13N5O3. The first kappa shape index (κ1) is 14.6. The van der Waals surface area contributed by atoms with Crippen molar-refractivity contribution in [3.05, 3.63) is 42.1 Å². The maximum Gasteiger partial charge on any atom is 0.337 e. The van der Waals surface area contributed by atoms with E-state index in [0.29, 0.717) is 34.0 Å². The molecule has 0 unspecified atom stereocenters.